The number of nitrogens with zero attached hydrogens (tertiary/aromatic N) is 2. The minimum absolute atomic E-state index is 0. The summed E-state index contributed by atoms with van der Waals surface area (Å²) >= 11 is 0. The van der Waals surface area contributed by atoms with Crippen molar-refractivity contribution in [3.8, 4) is 0 Å². The fourth-order valence-corrected chi connectivity index (χ4v) is 2.54. The van der Waals surface area contributed by atoms with E-state index in [-0.39, 0.29) is 30.7 Å². The number of fused-ring (bicyclic) bond motifs is 1. The van der Waals surface area contributed by atoms with Crippen molar-refractivity contribution in [2.75, 3.05) is 19.0 Å². The Hall–Kier alpha value is -1.56. The maximum Gasteiger partial charge on any atom is 0.237 e. The summed E-state index contributed by atoms with van der Waals surface area (Å²) in [7, 11) is 3.91. The molecule has 0 saturated carbocycles. The fraction of sp³-hybridized carbons (Fsp3) is 0.444. The Labute approximate surface area is 162 Å². The zero-order valence-corrected chi connectivity index (χ0v) is 16.8. The molecule has 0 aliphatic heterocycles. The van der Waals surface area contributed by atoms with Crippen LogP contribution in [0.1, 0.15) is 25.8 Å². The molecule has 0 aliphatic carbocycles. The molecule has 140 valence electrons. The van der Waals surface area contributed by atoms with Crippen molar-refractivity contribution < 1.29 is 4.79 Å². The van der Waals surface area contributed by atoms with Crippen LogP contribution in [0.5, 0.6) is 0 Å². The van der Waals surface area contributed by atoms with Crippen LogP contribution >= 0.6 is 24.8 Å². The molecule has 25 heavy (non-hydrogen) atoms. The molecule has 0 radical (unpaired) electrons. The van der Waals surface area contributed by atoms with Crippen molar-refractivity contribution in [2.24, 2.45) is 11.7 Å². The Morgan fingerprint density at radius 2 is 1.88 bits per heavy atom. The van der Waals surface area contributed by atoms with Crippen LogP contribution < -0.4 is 16.0 Å². The number of para-hydroxylation sites is 1. The van der Waals surface area contributed by atoms with Crippen molar-refractivity contribution in [3.63, 3.8) is 0 Å². The van der Waals surface area contributed by atoms with Crippen LogP contribution in [-0.4, -0.2) is 31.0 Å². The van der Waals surface area contributed by atoms with Gasteiger partial charge in [0.2, 0.25) is 5.91 Å². The van der Waals surface area contributed by atoms with Gasteiger partial charge in [0.05, 0.1) is 11.6 Å². The summed E-state index contributed by atoms with van der Waals surface area (Å²) < 4.78 is 0. The molecule has 0 saturated heterocycles. The molecule has 1 aromatic carbocycles. The second-order valence-electron chi connectivity index (χ2n) is 6.51. The first-order chi connectivity index (χ1) is 10.9. The summed E-state index contributed by atoms with van der Waals surface area (Å²) in [6.45, 7) is 4.58. The van der Waals surface area contributed by atoms with E-state index in [1.807, 2.05) is 49.3 Å². The van der Waals surface area contributed by atoms with E-state index < -0.39 is 6.04 Å². The van der Waals surface area contributed by atoms with Crippen LogP contribution in [0.4, 0.5) is 5.82 Å². The quantitative estimate of drug-likeness (QED) is 0.799. The number of nitrogens with two attached hydrogens (primary N) is 1. The van der Waals surface area contributed by atoms with Gasteiger partial charge < -0.3 is 16.0 Å². The number of aromatic nitrogens is 1. The lowest BCUT2D eigenvalue weighted by Gasteiger charge is -2.17. The van der Waals surface area contributed by atoms with Gasteiger partial charge in [0.15, 0.2) is 0 Å². The number of amides is 1. The zero-order chi connectivity index (χ0) is 17.0. The number of rotatable bonds is 6. The highest BCUT2D eigenvalue weighted by molar-refractivity contribution is 5.86. The SMILES string of the molecule is CC(C)C[C@H](N)C(=O)NCc1cc(N(C)C)nc2ccccc12.Cl.Cl. The number of hydrogen-bond donors (Lipinski definition) is 2. The van der Waals surface area contributed by atoms with Gasteiger partial charge in [-0.25, -0.2) is 4.98 Å². The van der Waals surface area contributed by atoms with Crippen LogP contribution in [0.2, 0.25) is 0 Å². The molecule has 7 heteroatoms. The zero-order valence-electron chi connectivity index (χ0n) is 15.2. The molecular formula is C18H28Cl2N4O. The van der Waals surface area contributed by atoms with E-state index in [4.69, 9.17) is 5.73 Å². The molecule has 5 nitrogen and oxygen atoms in total. The van der Waals surface area contributed by atoms with Crippen LogP contribution in [-0.2, 0) is 11.3 Å². The molecule has 0 unspecified atom stereocenters. The highest BCUT2D eigenvalue weighted by Gasteiger charge is 2.15. The van der Waals surface area contributed by atoms with E-state index >= 15 is 0 Å². The van der Waals surface area contributed by atoms with Crippen LogP contribution in [0, 0.1) is 5.92 Å². The van der Waals surface area contributed by atoms with Gasteiger partial charge in [0.25, 0.3) is 0 Å². The maximum atomic E-state index is 12.1. The summed E-state index contributed by atoms with van der Waals surface area (Å²) in [4.78, 5) is 18.7. The third-order valence-corrected chi connectivity index (χ3v) is 3.76. The average molecular weight is 387 g/mol. The van der Waals surface area contributed by atoms with E-state index in [2.05, 4.69) is 24.1 Å². The van der Waals surface area contributed by atoms with E-state index in [1.165, 1.54) is 0 Å². The van der Waals surface area contributed by atoms with Crippen molar-refractivity contribution in [2.45, 2.75) is 32.9 Å². The number of halogens is 2. The van der Waals surface area contributed by atoms with Gasteiger partial charge in [-0.3, -0.25) is 4.79 Å². The summed E-state index contributed by atoms with van der Waals surface area (Å²) in [5, 5.41) is 4.00. The normalized spacial score (nSPS) is 11.4. The van der Waals surface area contributed by atoms with Gasteiger partial charge in [-0.15, -0.1) is 24.8 Å². The number of anilines is 1. The third kappa shape index (κ3) is 6.34. The van der Waals surface area contributed by atoms with Gasteiger partial charge in [-0.05, 0) is 30.0 Å². The Morgan fingerprint density at radius 1 is 1.24 bits per heavy atom. The second-order valence-corrected chi connectivity index (χ2v) is 6.51. The molecule has 1 amide bonds. The van der Waals surface area contributed by atoms with E-state index in [0.29, 0.717) is 18.9 Å². The Morgan fingerprint density at radius 3 is 2.48 bits per heavy atom. The summed E-state index contributed by atoms with van der Waals surface area (Å²) in [5.41, 5.74) is 7.91. The third-order valence-electron chi connectivity index (χ3n) is 3.76. The molecule has 0 bridgehead atoms. The lowest BCUT2D eigenvalue weighted by molar-refractivity contribution is -0.122. The van der Waals surface area contributed by atoms with Gasteiger partial charge in [0.1, 0.15) is 5.82 Å². The summed E-state index contributed by atoms with van der Waals surface area (Å²) in [6, 6.07) is 9.51. The van der Waals surface area contributed by atoms with E-state index in [9.17, 15) is 4.79 Å². The Bertz CT molecular complexity index is 692. The molecule has 1 aromatic heterocycles. The molecule has 0 aliphatic rings. The lowest BCUT2D eigenvalue weighted by Crippen LogP contribution is -2.41. The molecular weight excluding hydrogens is 359 g/mol. The first kappa shape index (κ1) is 23.4. The standard InChI is InChI=1S/C18H26N4O.2ClH/c1-12(2)9-15(19)18(23)20-11-13-10-17(22(3)4)21-16-8-6-5-7-14(13)16;;/h5-8,10,12,15H,9,11,19H2,1-4H3,(H,20,23);2*1H/t15-;;/m0../s1. The van der Waals surface area contributed by atoms with Crippen LogP contribution in [0.15, 0.2) is 30.3 Å². The molecule has 3 N–H and O–H groups in total. The van der Waals surface area contributed by atoms with Crippen molar-refractivity contribution in [1.82, 2.24) is 10.3 Å². The predicted molar refractivity (Wildman–Crippen MR) is 110 cm³/mol. The Kier molecular flexibility index (Phi) is 9.78. The number of carbonyl (C=O) groups is 1. The number of carbonyl (C=O) groups excluding carboxylic acids is 1. The largest absolute Gasteiger partial charge is 0.363 e. The van der Waals surface area contributed by atoms with E-state index in [1.54, 1.807) is 0 Å². The van der Waals surface area contributed by atoms with Crippen LogP contribution in [0.25, 0.3) is 10.9 Å². The smallest absolute Gasteiger partial charge is 0.237 e. The van der Waals surface area contributed by atoms with Crippen LogP contribution in [0.3, 0.4) is 0 Å². The fourth-order valence-electron chi connectivity index (χ4n) is 2.54. The average Bonchev–Trinajstić information content (AvgIpc) is 2.51. The topological polar surface area (TPSA) is 71.2 Å². The minimum Gasteiger partial charge on any atom is -0.363 e. The first-order valence-electron chi connectivity index (χ1n) is 7.97. The first-order valence-corrected chi connectivity index (χ1v) is 7.97. The van der Waals surface area contributed by atoms with Crippen molar-refractivity contribution >= 4 is 47.4 Å². The van der Waals surface area contributed by atoms with E-state index in [0.717, 1.165) is 22.3 Å². The molecule has 0 spiro atoms. The van der Waals surface area contributed by atoms with Gasteiger partial charge >= 0.3 is 0 Å². The molecule has 0 fully saturated rings. The van der Waals surface area contributed by atoms with Crippen molar-refractivity contribution in [1.29, 1.82) is 0 Å². The number of nitrogens with one attached hydrogen (secondary N) is 1. The van der Waals surface area contributed by atoms with Gasteiger partial charge in [-0.1, -0.05) is 32.0 Å². The number of benzene rings is 1. The lowest BCUT2D eigenvalue weighted by atomic mass is 10.0. The molecule has 1 atom stereocenters. The Balaban J connectivity index is 0.00000288. The van der Waals surface area contributed by atoms with Crippen molar-refractivity contribution in [3.05, 3.63) is 35.9 Å². The van der Waals surface area contributed by atoms with Gasteiger partial charge in [0, 0.05) is 26.0 Å². The monoisotopic (exact) mass is 386 g/mol. The van der Waals surface area contributed by atoms with Gasteiger partial charge in [-0.2, -0.15) is 0 Å². The number of hydrogen-bond acceptors (Lipinski definition) is 4. The highest BCUT2D eigenvalue weighted by Crippen LogP contribution is 2.22. The molecule has 2 rings (SSSR count). The molecule has 1 heterocycles. The molecule has 2 aromatic rings. The summed E-state index contributed by atoms with van der Waals surface area (Å²) in [6.07, 6.45) is 0.686. The minimum atomic E-state index is -0.462. The predicted octanol–water partition coefficient (Wildman–Crippen LogP) is 3.13. The number of pyridine rings is 1. The maximum absolute atomic E-state index is 12.1. The highest BCUT2D eigenvalue weighted by atomic mass is 35.5. The summed E-state index contributed by atoms with van der Waals surface area (Å²) in [5.74, 6) is 1.17. The second kappa shape index (κ2) is 10.4.